The average molecular weight is 912 g/mol. The third-order valence-electron chi connectivity index (χ3n) is 14.0. The summed E-state index contributed by atoms with van der Waals surface area (Å²) in [6.07, 6.45) is 7.89. The zero-order chi connectivity index (χ0) is 46.7. The second-order valence-electron chi connectivity index (χ2n) is 19.3. The maximum absolute atomic E-state index is 16.4. The third-order valence-corrected chi connectivity index (χ3v) is 14.0. The number of carbonyl (C=O) groups excluding carboxylic acids is 1. The number of nitrogens with zero attached hydrogens (tertiary/aromatic N) is 10. The van der Waals surface area contributed by atoms with Crippen molar-refractivity contribution in [3.8, 4) is 17.2 Å². The highest BCUT2D eigenvalue weighted by atomic mass is 19.1. The van der Waals surface area contributed by atoms with Gasteiger partial charge in [-0.2, -0.15) is 10.2 Å². The fourth-order valence-corrected chi connectivity index (χ4v) is 10.4. The topological polar surface area (TPSA) is 159 Å². The molecule has 11 rings (SSSR count). The Balaban J connectivity index is 1.01. The molecule has 0 spiro atoms. The van der Waals surface area contributed by atoms with Gasteiger partial charge in [-0.3, -0.25) is 28.1 Å². The zero-order valence-electron chi connectivity index (χ0n) is 38.3. The molecule has 0 bridgehead atoms. The van der Waals surface area contributed by atoms with Crippen molar-refractivity contribution >= 4 is 27.7 Å². The van der Waals surface area contributed by atoms with Crippen LogP contribution in [-0.4, -0.2) is 98.5 Å². The van der Waals surface area contributed by atoms with Crippen LogP contribution in [0.2, 0.25) is 0 Å². The standard InChI is InChI=1S/C49H51F2N11O5/c1-28-21-33(22-29(2)41(28)50)62-43(59-18-17-58(47(59)65)39-10-9-38-34(42(39)51)26-52-60(38)19-16-56(5)6)35-27-57(15-11-36(35)54-62)44(63)40-24-32-23-30(31-12-20-66-48(3,4)25-31)7-8-37(32)61(40)49(13-14-49)45-53-46(64)67-55-45/h7-10,17-18,21-24,26,31H,11-16,19-20,25,27H2,1-6H3,(H,53,55,64)/t31-/m0/s1. The highest BCUT2D eigenvalue weighted by molar-refractivity contribution is 5.99. The van der Waals surface area contributed by atoms with E-state index >= 15 is 13.6 Å². The smallest absolute Gasteiger partial charge is 0.376 e. The molecular formula is C49H51F2N11O5. The van der Waals surface area contributed by atoms with Crippen LogP contribution in [0.5, 0.6) is 0 Å². The largest absolute Gasteiger partial charge is 0.438 e. The fraction of sp³-hybridized carbons (Fsp3) is 0.388. The van der Waals surface area contributed by atoms with Crippen LogP contribution in [0.3, 0.4) is 0 Å². The van der Waals surface area contributed by atoms with Crippen LogP contribution in [0.15, 0.2) is 81.2 Å². The summed E-state index contributed by atoms with van der Waals surface area (Å²) < 4.78 is 50.6. The van der Waals surface area contributed by atoms with Crippen molar-refractivity contribution in [1.29, 1.82) is 0 Å². The number of H-pyrrole nitrogens is 1. The fourth-order valence-electron chi connectivity index (χ4n) is 10.4. The van der Waals surface area contributed by atoms with Crippen molar-refractivity contribution in [3.63, 3.8) is 0 Å². The average Bonchev–Trinajstić information content (AvgIpc) is 3.77. The molecule has 18 heteroatoms. The quantitative estimate of drug-likeness (QED) is 0.158. The lowest BCUT2D eigenvalue weighted by atomic mass is 9.83. The Morgan fingerprint density at radius 2 is 1.73 bits per heavy atom. The summed E-state index contributed by atoms with van der Waals surface area (Å²) in [5.41, 5.74) is 4.04. The summed E-state index contributed by atoms with van der Waals surface area (Å²) in [6, 6.07) is 15.0. The number of carbonyl (C=O) groups is 1. The number of rotatable bonds is 10. The molecule has 8 aromatic rings. The predicted octanol–water partition coefficient (Wildman–Crippen LogP) is 6.66. The molecular weight excluding hydrogens is 861 g/mol. The normalized spacial score (nSPS) is 17.8. The van der Waals surface area contributed by atoms with Gasteiger partial charge in [0.05, 0.1) is 52.9 Å². The van der Waals surface area contributed by atoms with Gasteiger partial charge in [-0.25, -0.2) is 23.1 Å². The lowest BCUT2D eigenvalue weighted by molar-refractivity contribution is -0.0592. The second kappa shape index (κ2) is 15.6. The van der Waals surface area contributed by atoms with Crippen LogP contribution >= 0.6 is 0 Å². The number of nitrogens with one attached hydrogen (secondary N) is 1. The predicted molar refractivity (Wildman–Crippen MR) is 246 cm³/mol. The van der Waals surface area contributed by atoms with Crippen LogP contribution in [0.25, 0.3) is 39.0 Å². The van der Waals surface area contributed by atoms with Crippen molar-refractivity contribution < 1.29 is 22.8 Å². The van der Waals surface area contributed by atoms with Gasteiger partial charge < -0.3 is 19.1 Å². The molecule has 3 aromatic carbocycles. The minimum absolute atomic E-state index is 0.0487. The van der Waals surface area contributed by atoms with Crippen LogP contribution in [0.1, 0.15) is 89.7 Å². The van der Waals surface area contributed by atoms with Gasteiger partial charge in [-0.05, 0) is 133 Å². The molecule has 67 heavy (non-hydrogen) atoms. The van der Waals surface area contributed by atoms with E-state index in [2.05, 4.69) is 47.3 Å². The van der Waals surface area contributed by atoms with E-state index in [9.17, 15) is 9.59 Å². The van der Waals surface area contributed by atoms with Gasteiger partial charge in [0.2, 0.25) is 0 Å². The SMILES string of the molecule is Cc1cc(-n2nc3c(c2-n2ccn(-c4ccc5c(cnn5CCN(C)C)c4F)c2=O)CN(C(=O)c2cc4cc([C@H]5CCOC(C)(C)C5)ccc4n2C2(c4noc(=O)[nH]4)CC2)CC3)cc(C)c1F. The lowest BCUT2D eigenvalue weighted by Gasteiger charge is -2.35. The Hall–Kier alpha value is -6.92. The van der Waals surface area contributed by atoms with E-state index in [4.69, 9.17) is 14.4 Å². The molecule has 1 saturated carbocycles. The molecule has 1 amide bonds. The number of likely N-dealkylation sites (N-methyl/N-ethyl adjacent to an activating group) is 1. The van der Waals surface area contributed by atoms with E-state index in [1.165, 1.54) is 21.5 Å². The van der Waals surface area contributed by atoms with Crippen LogP contribution in [0, 0.1) is 25.5 Å². The number of halogens is 2. The molecule has 1 saturated heterocycles. The van der Waals surface area contributed by atoms with Crippen LogP contribution in [0.4, 0.5) is 8.78 Å². The molecule has 0 unspecified atom stereocenters. The van der Waals surface area contributed by atoms with Gasteiger partial charge in [0.25, 0.3) is 5.91 Å². The molecule has 1 atom stereocenters. The lowest BCUT2D eigenvalue weighted by Crippen LogP contribution is -2.38. The van der Waals surface area contributed by atoms with Gasteiger partial charge in [0.1, 0.15) is 22.9 Å². The number of amides is 1. The monoisotopic (exact) mass is 911 g/mol. The maximum Gasteiger partial charge on any atom is 0.438 e. The van der Waals surface area contributed by atoms with Gasteiger partial charge in [0.15, 0.2) is 11.6 Å². The number of imidazole rings is 1. The number of fused-ring (bicyclic) bond motifs is 3. The Morgan fingerprint density at radius 3 is 2.45 bits per heavy atom. The number of hydrogen-bond donors (Lipinski definition) is 1. The Labute approximate surface area is 382 Å². The number of aryl methyl sites for hydroxylation is 2. The molecule has 3 aliphatic rings. The Kier molecular flexibility index (Phi) is 9.93. The van der Waals surface area contributed by atoms with Crippen LogP contribution in [-0.2, 0) is 29.8 Å². The molecule has 5 aromatic heterocycles. The Bertz CT molecular complexity index is 3390. The number of ether oxygens (including phenoxy) is 1. The highest BCUT2D eigenvalue weighted by Gasteiger charge is 2.52. The molecule has 7 heterocycles. The van der Waals surface area contributed by atoms with Crippen molar-refractivity contribution in [3.05, 3.63) is 139 Å². The minimum atomic E-state index is -0.810. The summed E-state index contributed by atoms with van der Waals surface area (Å²) in [4.78, 5) is 48.9. The first-order valence-corrected chi connectivity index (χ1v) is 22.7. The Morgan fingerprint density at radius 1 is 0.970 bits per heavy atom. The van der Waals surface area contributed by atoms with Crippen molar-refractivity contribution in [2.75, 3.05) is 33.8 Å². The minimum Gasteiger partial charge on any atom is -0.376 e. The van der Waals surface area contributed by atoms with Gasteiger partial charge >= 0.3 is 11.4 Å². The van der Waals surface area contributed by atoms with E-state index in [1.54, 1.807) is 58.6 Å². The van der Waals surface area contributed by atoms with Gasteiger partial charge in [-0.15, -0.1) is 0 Å². The maximum atomic E-state index is 16.4. The van der Waals surface area contributed by atoms with Gasteiger partial charge in [0, 0.05) is 55.0 Å². The van der Waals surface area contributed by atoms with E-state index in [0.29, 0.717) is 96.4 Å². The first-order valence-electron chi connectivity index (χ1n) is 22.7. The van der Waals surface area contributed by atoms with Crippen molar-refractivity contribution in [2.45, 2.75) is 89.9 Å². The number of hydrogen-bond acceptors (Lipinski definition) is 9. The van der Waals surface area contributed by atoms with E-state index in [1.807, 2.05) is 29.6 Å². The highest BCUT2D eigenvalue weighted by Crippen LogP contribution is 2.51. The molecule has 1 N–H and O–H groups in total. The van der Waals surface area contributed by atoms with Crippen molar-refractivity contribution in [2.24, 2.45) is 0 Å². The third kappa shape index (κ3) is 7.06. The molecule has 1 aliphatic carbocycles. The number of benzene rings is 3. The first kappa shape index (κ1) is 42.7. The van der Waals surface area contributed by atoms with E-state index in [0.717, 1.165) is 29.3 Å². The summed E-state index contributed by atoms with van der Waals surface area (Å²) in [7, 11) is 3.91. The molecule has 0 radical (unpaired) electrons. The number of aromatic amines is 1. The molecule has 2 aliphatic heterocycles. The molecule has 16 nitrogen and oxygen atoms in total. The molecule has 346 valence electrons. The van der Waals surface area contributed by atoms with Crippen LogP contribution < -0.4 is 11.4 Å². The summed E-state index contributed by atoms with van der Waals surface area (Å²) in [5.74, 6) is -0.890. The zero-order valence-corrected chi connectivity index (χ0v) is 38.3. The van der Waals surface area contributed by atoms with E-state index in [-0.39, 0.29) is 40.9 Å². The van der Waals surface area contributed by atoms with Crippen molar-refractivity contribution in [1.82, 2.24) is 53.2 Å². The first-order chi connectivity index (χ1) is 32.1. The summed E-state index contributed by atoms with van der Waals surface area (Å²) >= 11 is 0. The summed E-state index contributed by atoms with van der Waals surface area (Å²) in [6.45, 7) is 9.88. The number of aromatic nitrogens is 9. The van der Waals surface area contributed by atoms with E-state index < -0.39 is 22.8 Å². The second-order valence-corrected chi connectivity index (χ2v) is 19.3. The summed E-state index contributed by atoms with van der Waals surface area (Å²) in [5, 5.41) is 14.7. The van der Waals surface area contributed by atoms with Gasteiger partial charge in [-0.1, -0.05) is 11.2 Å². The molecule has 2 fully saturated rings.